The van der Waals surface area contributed by atoms with E-state index < -0.39 is 10.0 Å². The minimum absolute atomic E-state index is 0.137. The van der Waals surface area contributed by atoms with Crippen LogP contribution in [-0.2, 0) is 16.4 Å². The lowest BCUT2D eigenvalue weighted by molar-refractivity contribution is 0.0953. The lowest BCUT2D eigenvalue weighted by Crippen LogP contribution is -2.31. The summed E-state index contributed by atoms with van der Waals surface area (Å²) in [6.07, 6.45) is 3.56. The smallest absolute Gasteiger partial charge is 0.251 e. The van der Waals surface area contributed by atoms with E-state index in [2.05, 4.69) is 10.4 Å². The molecule has 0 aliphatic heterocycles. The lowest BCUT2D eigenvalue weighted by atomic mass is 10.1. The number of nitrogens with one attached hydrogen (secondary N) is 1. The van der Waals surface area contributed by atoms with Crippen molar-refractivity contribution in [2.75, 3.05) is 19.6 Å². The normalized spacial score (nSPS) is 11.6. The third kappa shape index (κ3) is 5.44. The van der Waals surface area contributed by atoms with Crippen LogP contribution in [0.4, 0.5) is 0 Å². The van der Waals surface area contributed by atoms with Crippen molar-refractivity contribution in [3.05, 3.63) is 77.6 Å². The Balaban J connectivity index is 1.58. The van der Waals surface area contributed by atoms with Gasteiger partial charge in [0, 0.05) is 31.4 Å². The van der Waals surface area contributed by atoms with Gasteiger partial charge in [0.25, 0.3) is 5.91 Å². The monoisotopic (exact) mass is 454 g/mol. The second kappa shape index (κ2) is 10.6. The molecule has 7 nitrogen and oxygen atoms in total. The molecular formula is C24H30N4O3S. The maximum Gasteiger partial charge on any atom is 0.251 e. The Labute approximate surface area is 190 Å². The summed E-state index contributed by atoms with van der Waals surface area (Å²) < 4.78 is 28.7. The number of sulfonamides is 1. The van der Waals surface area contributed by atoms with Crippen LogP contribution in [0, 0.1) is 6.92 Å². The maximum atomic E-state index is 12.7. The predicted molar refractivity (Wildman–Crippen MR) is 126 cm³/mol. The summed E-state index contributed by atoms with van der Waals surface area (Å²) in [5, 5.41) is 7.46. The highest BCUT2D eigenvalue weighted by molar-refractivity contribution is 7.89. The highest BCUT2D eigenvalue weighted by atomic mass is 32.2. The van der Waals surface area contributed by atoms with Gasteiger partial charge in [0.1, 0.15) is 0 Å². The molecule has 0 radical (unpaired) electrons. The third-order valence-electron chi connectivity index (χ3n) is 5.37. The van der Waals surface area contributed by atoms with E-state index in [1.54, 1.807) is 26.0 Å². The van der Waals surface area contributed by atoms with Crippen LogP contribution in [0.3, 0.4) is 0 Å². The summed E-state index contributed by atoms with van der Waals surface area (Å²) in [5.41, 5.74) is 3.45. The Kier molecular flexibility index (Phi) is 7.82. The fourth-order valence-corrected chi connectivity index (χ4v) is 5.05. The zero-order valence-corrected chi connectivity index (χ0v) is 19.6. The Morgan fingerprint density at radius 2 is 1.78 bits per heavy atom. The Morgan fingerprint density at radius 1 is 1.06 bits per heavy atom. The van der Waals surface area contributed by atoms with E-state index in [0.717, 1.165) is 29.8 Å². The summed E-state index contributed by atoms with van der Waals surface area (Å²) in [6.45, 7) is 6.83. The molecule has 3 rings (SSSR count). The average Bonchev–Trinajstić information content (AvgIpc) is 3.18. The van der Waals surface area contributed by atoms with Crippen molar-refractivity contribution in [1.82, 2.24) is 19.4 Å². The number of aromatic nitrogens is 2. The van der Waals surface area contributed by atoms with E-state index in [9.17, 15) is 13.2 Å². The van der Waals surface area contributed by atoms with Gasteiger partial charge in [-0.1, -0.05) is 38.1 Å². The molecule has 0 aliphatic rings. The van der Waals surface area contributed by atoms with Gasteiger partial charge in [0.15, 0.2) is 0 Å². The molecule has 0 aliphatic carbocycles. The zero-order valence-electron chi connectivity index (χ0n) is 18.8. The van der Waals surface area contributed by atoms with Gasteiger partial charge in [0.2, 0.25) is 10.0 Å². The number of amides is 1. The van der Waals surface area contributed by atoms with Gasteiger partial charge in [-0.25, -0.2) is 13.1 Å². The molecule has 0 atom stereocenters. The summed E-state index contributed by atoms with van der Waals surface area (Å²) in [4.78, 5) is 12.7. The van der Waals surface area contributed by atoms with Crippen molar-refractivity contribution in [3.63, 3.8) is 0 Å². The minimum atomic E-state index is -3.60. The van der Waals surface area contributed by atoms with E-state index in [1.165, 1.54) is 16.4 Å². The number of carbonyl (C=O) groups is 1. The van der Waals surface area contributed by atoms with Crippen molar-refractivity contribution in [3.8, 4) is 5.69 Å². The summed E-state index contributed by atoms with van der Waals surface area (Å²) in [6, 6.07) is 16.1. The molecule has 1 heterocycles. The molecule has 1 N–H and O–H groups in total. The molecule has 2 aromatic carbocycles. The van der Waals surface area contributed by atoms with Crippen LogP contribution in [0.25, 0.3) is 5.69 Å². The first-order valence-electron chi connectivity index (χ1n) is 10.9. The third-order valence-corrected chi connectivity index (χ3v) is 7.42. The average molecular weight is 455 g/mol. The quantitative estimate of drug-likeness (QED) is 0.475. The largest absolute Gasteiger partial charge is 0.352 e. The van der Waals surface area contributed by atoms with Crippen molar-refractivity contribution < 1.29 is 13.2 Å². The molecule has 32 heavy (non-hydrogen) atoms. The summed E-state index contributed by atoms with van der Waals surface area (Å²) in [5.74, 6) is -0.279. The molecule has 170 valence electrons. The van der Waals surface area contributed by atoms with Gasteiger partial charge in [-0.2, -0.15) is 9.40 Å². The Morgan fingerprint density at radius 3 is 2.47 bits per heavy atom. The van der Waals surface area contributed by atoms with E-state index in [1.807, 2.05) is 48.1 Å². The van der Waals surface area contributed by atoms with Crippen LogP contribution in [0.2, 0.25) is 0 Å². The molecular weight excluding hydrogens is 424 g/mol. The second-order valence-corrected chi connectivity index (χ2v) is 9.43. The number of nitrogens with zero attached hydrogens (tertiary/aromatic N) is 3. The van der Waals surface area contributed by atoms with Crippen molar-refractivity contribution in [2.24, 2.45) is 0 Å². The van der Waals surface area contributed by atoms with Gasteiger partial charge < -0.3 is 5.32 Å². The summed E-state index contributed by atoms with van der Waals surface area (Å²) >= 11 is 0. The first-order valence-corrected chi connectivity index (χ1v) is 12.3. The van der Waals surface area contributed by atoms with Crippen LogP contribution in [0.5, 0.6) is 0 Å². The highest BCUT2D eigenvalue weighted by Crippen LogP contribution is 2.17. The van der Waals surface area contributed by atoms with Gasteiger partial charge >= 0.3 is 0 Å². The van der Waals surface area contributed by atoms with Gasteiger partial charge in [-0.3, -0.25) is 4.79 Å². The van der Waals surface area contributed by atoms with Crippen molar-refractivity contribution in [1.29, 1.82) is 0 Å². The van der Waals surface area contributed by atoms with E-state index in [4.69, 9.17) is 0 Å². The zero-order chi connectivity index (χ0) is 23.1. The number of carbonyl (C=O) groups excluding carboxylic acids is 1. The molecule has 1 amide bonds. The molecule has 0 saturated carbocycles. The molecule has 0 unspecified atom stereocenters. The molecule has 8 heteroatoms. The van der Waals surface area contributed by atoms with Crippen LogP contribution >= 0.6 is 0 Å². The number of rotatable bonds is 10. The van der Waals surface area contributed by atoms with E-state index >= 15 is 0 Å². The number of hydrogen-bond acceptors (Lipinski definition) is 4. The molecule has 0 fully saturated rings. The number of hydrogen-bond donors (Lipinski definition) is 1. The second-order valence-electron chi connectivity index (χ2n) is 7.50. The topological polar surface area (TPSA) is 84.3 Å². The van der Waals surface area contributed by atoms with Crippen LogP contribution in [-0.4, -0.2) is 48.0 Å². The molecule has 0 saturated heterocycles. The number of aryl methyl sites for hydroxylation is 2. The van der Waals surface area contributed by atoms with E-state index in [0.29, 0.717) is 25.2 Å². The van der Waals surface area contributed by atoms with Gasteiger partial charge in [-0.05, 0) is 55.7 Å². The van der Waals surface area contributed by atoms with Crippen LogP contribution < -0.4 is 5.32 Å². The number of para-hydroxylation sites is 1. The SMILES string of the molecule is CCN(CC)S(=O)(=O)c1cccc(C(=O)NCCCc2cn(-c3ccccc3)nc2C)c1. The van der Waals surface area contributed by atoms with Gasteiger partial charge in [-0.15, -0.1) is 0 Å². The first-order chi connectivity index (χ1) is 15.4. The molecule has 1 aromatic heterocycles. The fourth-order valence-electron chi connectivity index (χ4n) is 3.55. The number of benzene rings is 2. The molecule has 3 aromatic rings. The summed E-state index contributed by atoms with van der Waals surface area (Å²) in [7, 11) is -3.60. The maximum absolute atomic E-state index is 12.7. The highest BCUT2D eigenvalue weighted by Gasteiger charge is 2.22. The van der Waals surface area contributed by atoms with Crippen molar-refractivity contribution >= 4 is 15.9 Å². The molecule has 0 bridgehead atoms. The van der Waals surface area contributed by atoms with Gasteiger partial charge in [0.05, 0.1) is 16.3 Å². The Bertz CT molecular complexity index is 1150. The predicted octanol–water partition coefficient (Wildman–Crippen LogP) is 3.57. The Hall–Kier alpha value is -2.97. The minimum Gasteiger partial charge on any atom is -0.352 e. The van der Waals surface area contributed by atoms with Crippen LogP contribution in [0.15, 0.2) is 65.7 Å². The van der Waals surface area contributed by atoms with Crippen LogP contribution in [0.1, 0.15) is 41.9 Å². The van der Waals surface area contributed by atoms with Crippen molar-refractivity contribution in [2.45, 2.75) is 38.5 Å². The lowest BCUT2D eigenvalue weighted by Gasteiger charge is -2.18. The fraction of sp³-hybridized carbons (Fsp3) is 0.333. The standard InChI is InChI=1S/C24H30N4O3S/c1-4-27(5-2)32(30,31)23-15-9-11-20(17-23)24(29)25-16-10-12-21-18-28(26-19(21)3)22-13-7-6-8-14-22/h6-9,11,13-15,17-18H,4-5,10,12,16H2,1-3H3,(H,25,29). The van der Waals surface area contributed by atoms with E-state index in [-0.39, 0.29) is 10.8 Å². The molecule has 0 spiro atoms. The first kappa shape index (κ1) is 23.7.